The predicted octanol–water partition coefficient (Wildman–Crippen LogP) is 5.22. The molecule has 0 heterocycles. The van der Waals surface area contributed by atoms with E-state index >= 15 is 0 Å². The number of unbranched alkanes of at least 4 members (excludes halogenated alkanes) is 1. The minimum atomic E-state index is -4.45. The summed E-state index contributed by atoms with van der Waals surface area (Å²) >= 11 is 6.08. The van der Waals surface area contributed by atoms with Gasteiger partial charge in [0.05, 0.1) is 5.56 Å². The maximum Gasteiger partial charge on any atom is 0.417 e. The van der Waals surface area contributed by atoms with Gasteiger partial charge < -0.3 is 0 Å². The van der Waals surface area contributed by atoms with Crippen LogP contribution in [-0.4, -0.2) is 11.1 Å². The second kappa shape index (κ2) is 6.70. The molecule has 0 aliphatic carbocycles. The van der Waals surface area contributed by atoms with Gasteiger partial charge in [-0.2, -0.15) is 13.2 Å². The van der Waals surface area contributed by atoms with Crippen LogP contribution in [0.15, 0.2) is 22.7 Å². The zero-order valence-electron chi connectivity index (χ0n) is 9.36. The van der Waals surface area contributed by atoms with E-state index in [1.807, 2.05) is 0 Å². The molecule has 0 bridgehead atoms. The van der Waals surface area contributed by atoms with Crippen LogP contribution in [0.1, 0.15) is 35.2 Å². The molecule has 0 aliphatic heterocycles. The van der Waals surface area contributed by atoms with E-state index in [9.17, 15) is 18.0 Å². The Morgan fingerprint density at radius 2 is 1.89 bits per heavy atom. The monoisotopic (exact) mass is 386 g/mol. The van der Waals surface area contributed by atoms with Gasteiger partial charge >= 0.3 is 6.18 Å². The third-order valence-corrected chi connectivity index (χ3v) is 3.63. The summed E-state index contributed by atoms with van der Waals surface area (Å²) in [6.07, 6.45) is -2.69. The number of ketones is 1. The van der Waals surface area contributed by atoms with Crippen molar-refractivity contribution in [2.75, 3.05) is 5.33 Å². The van der Waals surface area contributed by atoms with E-state index in [0.29, 0.717) is 6.42 Å². The molecule has 100 valence electrons. The fourth-order valence-electron chi connectivity index (χ4n) is 1.44. The third kappa shape index (κ3) is 4.39. The van der Waals surface area contributed by atoms with E-state index in [1.54, 1.807) is 0 Å². The SMILES string of the molecule is O=C(CCCCBr)c1ccc(Br)c(C(F)(F)F)c1. The summed E-state index contributed by atoms with van der Waals surface area (Å²) in [5.74, 6) is -0.256. The first-order valence-electron chi connectivity index (χ1n) is 5.32. The Balaban J connectivity index is 2.88. The maximum atomic E-state index is 12.7. The first-order chi connectivity index (χ1) is 8.36. The lowest BCUT2D eigenvalue weighted by Gasteiger charge is -2.10. The normalized spacial score (nSPS) is 11.6. The number of benzene rings is 1. The molecule has 0 unspecified atom stereocenters. The van der Waals surface area contributed by atoms with Crippen molar-refractivity contribution < 1.29 is 18.0 Å². The molecular weight excluding hydrogens is 377 g/mol. The molecule has 0 fully saturated rings. The zero-order valence-corrected chi connectivity index (χ0v) is 12.5. The van der Waals surface area contributed by atoms with Gasteiger partial charge in [0.25, 0.3) is 0 Å². The van der Waals surface area contributed by atoms with Crippen LogP contribution >= 0.6 is 31.9 Å². The second-order valence-corrected chi connectivity index (χ2v) is 5.41. The number of hydrogen-bond donors (Lipinski definition) is 0. The van der Waals surface area contributed by atoms with Gasteiger partial charge in [0, 0.05) is 21.8 Å². The van der Waals surface area contributed by atoms with Crippen molar-refractivity contribution in [3.8, 4) is 0 Å². The molecule has 0 radical (unpaired) electrons. The van der Waals surface area contributed by atoms with Crippen LogP contribution in [0.5, 0.6) is 0 Å². The number of halogens is 5. The summed E-state index contributed by atoms with van der Waals surface area (Å²) in [5.41, 5.74) is -0.700. The van der Waals surface area contributed by atoms with Gasteiger partial charge in [-0.25, -0.2) is 0 Å². The third-order valence-electron chi connectivity index (χ3n) is 2.38. The predicted molar refractivity (Wildman–Crippen MR) is 71.1 cm³/mol. The van der Waals surface area contributed by atoms with E-state index in [-0.39, 0.29) is 22.2 Å². The van der Waals surface area contributed by atoms with Gasteiger partial charge in [-0.15, -0.1) is 0 Å². The number of carbonyl (C=O) groups is 1. The summed E-state index contributed by atoms with van der Waals surface area (Å²) < 4.78 is 37.9. The lowest BCUT2D eigenvalue weighted by Crippen LogP contribution is -2.08. The van der Waals surface area contributed by atoms with Crippen LogP contribution < -0.4 is 0 Å². The summed E-state index contributed by atoms with van der Waals surface area (Å²) in [5, 5.41) is 0.786. The van der Waals surface area contributed by atoms with Gasteiger partial charge in [-0.1, -0.05) is 37.9 Å². The summed E-state index contributed by atoms with van der Waals surface area (Å²) in [4.78, 5) is 11.7. The highest BCUT2D eigenvalue weighted by molar-refractivity contribution is 9.10. The van der Waals surface area contributed by atoms with Crippen molar-refractivity contribution in [2.24, 2.45) is 0 Å². The molecule has 0 saturated carbocycles. The molecule has 0 saturated heterocycles. The molecule has 6 heteroatoms. The van der Waals surface area contributed by atoms with Crippen LogP contribution in [0, 0.1) is 0 Å². The van der Waals surface area contributed by atoms with E-state index in [4.69, 9.17) is 0 Å². The second-order valence-electron chi connectivity index (χ2n) is 3.76. The standard InChI is InChI=1S/C12H11Br2F3O/c13-6-2-1-3-11(18)8-4-5-10(14)9(7-8)12(15,16)17/h4-5,7H,1-3,6H2. The van der Waals surface area contributed by atoms with Gasteiger partial charge in [-0.3, -0.25) is 4.79 Å². The molecule has 0 N–H and O–H groups in total. The van der Waals surface area contributed by atoms with Gasteiger partial charge in [-0.05, 0) is 25.0 Å². The molecule has 0 amide bonds. The highest BCUT2D eigenvalue weighted by atomic mass is 79.9. The summed E-state index contributed by atoms with van der Waals surface area (Å²) in [6, 6.07) is 3.58. The molecule has 1 rings (SSSR count). The zero-order chi connectivity index (χ0) is 13.8. The molecule has 0 spiro atoms. The van der Waals surface area contributed by atoms with Crippen molar-refractivity contribution in [3.63, 3.8) is 0 Å². The largest absolute Gasteiger partial charge is 0.417 e. The van der Waals surface area contributed by atoms with E-state index < -0.39 is 11.7 Å². The first-order valence-corrected chi connectivity index (χ1v) is 7.23. The lowest BCUT2D eigenvalue weighted by molar-refractivity contribution is -0.138. The number of alkyl halides is 4. The molecule has 18 heavy (non-hydrogen) atoms. The van der Waals surface area contributed by atoms with Gasteiger partial charge in [0.15, 0.2) is 5.78 Å². The van der Waals surface area contributed by atoms with Crippen molar-refractivity contribution in [1.29, 1.82) is 0 Å². The Morgan fingerprint density at radius 1 is 1.22 bits per heavy atom. The molecular formula is C12H11Br2F3O. The lowest BCUT2D eigenvalue weighted by atomic mass is 10.0. The van der Waals surface area contributed by atoms with Gasteiger partial charge in [0.2, 0.25) is 0 Å². The fourth-order valence-corrected chi connectivity index (χ4v) is 2.31. The van der Waals surface area contributed by atoms with E-state index in [0.717, 1.165) is 17.8 Å². The number of hydrogen-bond acceptors (Lipinski definition) is 1. The quantitative estimate of drug-likeness (QED) is 0.384. The molecule has 0 atom stereocenters. The Labute approximate surface area is 120 Å². The van der Waals surface area contributed by atoms with E-state index in [2.05, 4.69) is 31.9 Å². The Bertz CT molecular complexity index is 430. The average Bonchev–Trinajstić information content (AvgIpc) is 2.28. The van der Waals surface area contributed by atoms with Crippen molar-refractivity contribution in [3.05, 3.63) is 33.8 Å². The minimum absolute atomic E-state index is 0.0491. The smallest absolute Gasteiger partial charge is 0.294 e. The molecule has 0 aliphatic rings. The number of Topliss-reactive ketones (excluding diaryl/α,β-unsaturated/α-hetero) is 1. The molecule has 1 nitrogen and oxygen atoms in total. The minimum Gasteiger partial charge on any atom is -0.294 e. The van der Waals surface area contributed by atoms with Crippen molar-refractivity contribution >= 4 is 37.6 Å². The highest BCUT2D eigenvalue weighted by Crippen LogP contribution is 2.35. The summed E-state index contributed by atoms with van der Waals surface area (Å²) in [6.45, 7) is 0. The van der Waals surface area contributed by atoms with Crippen LogP contribution in [0.3, 0.4) is 0 Å². The Hall–Kier alpha value is -0.360. The van der Waals surface area contributed by atoms with Crippen molar-refractivity contribution in [2.45, 2.75) is 25.4 Å². The van der Waals surface area contributed by atoms with Crippen molar-refractivity contribution in [1.82, 2.24) is 0 Å². The number of rotatable bonds is 5. The fraction of sp³-hybridized carbons (Fsp3) is 0.417. The Kier molecular flexibility index (Phi) is 5.85. The average molecular weight is 388 g/mol. The molecule has 1 aromatic carbocycles. The van der Waals surface area contributed by atoms with Crippen LogP contribution in [0.25, 0.3) is 0 Å². The maximum absolute atomic E-state index is 12.7. The topological polar surface area (TPSA) is 17.1 Å². The highest BCUT2D eigenvalue weighted by Gasteiger charge is 2.33. The van der Waals surface area contributed by atoms with E-state index in [1.165, 1.54) is 12.1 Å². The van der Waals surface area contributed by atoms with Crippen LogP contribution in [-0.2, 0) is 6.18 Å². The van der Waals surface area contributed by atoms with Gasteiger partial charge in [0.1, 0.15) is 0 Å². The van der Waals surface area contributed by atoms with Crippen LogP contribution in [0.4, 0.5) is 13.2 Å². The Morgan fingerprint density at radius 3 is 2.44 bits per heavy atom. The molecule has 1 aromatic rings. The summed E-state index contributed by atoms with van der Waals surface area (Å²) in [7, 11) is 0. The number of carbonyl (C=O) groups excluding carboxylic acids is 1. The van der Waals surface area contributed by atoms with Crippen LogP contribution in [0.2, 0.25) is 0 Å². The first kappa shape index (κ1) is 15.7. The molecule has 0 aromatic heterocycles.